The molecule has 1 N–H and O–H groups in total. The zero-order valence-corrected chi connectivity index (χ0v) is 15.6. The predicted molar refractivity (Wildman–Crippen MR) is 105 cm³/mol. The highest BCUT2D eigenvalue weighted by atomic mass is 19.4. The molecule has 0 aromatic heterocycles. The van der Waals surface area contributed by atoms with Gasteiger partial charge in [-0.3, -0.25) is 4.79 Å². The number of carbonyl (C=O) groups is 1. The average molecular weight is 399 g/mol. The van der Waals surface area contributed by atoms with Gasteiger partial charge in [0.2, 0.25) is 0 Å². The normalized spacial score (nSPS) is 14.4. The second-order valence-electron chi connectivity index (χ2n) is 7.25. The summed E-state index contributed by atoms with van der Waals surface area (Å²) < 4.78 is 44.2. The summed E-state index contributed by atoms with van der Waals surface area (Å²) in [5.74, 6) is 0.252. The van der Waals surface area contributed by atoms with E-state index in [4.69, 9.17) is 4.74 Å². The number of halogens is 3. The first kappa shape index (κ1) is 19.3. The van der Waals surface area contributed by atoms with E-state index < -0.39 is 11.7 Å². The van der Waals surface area contributed by atoms with Crippen molar-refractivity contribution >= 4 is 16.7 Å². The van der Waals surface area contributed by atoms with Crippen LogP contribution in [0.2, 0.25) is 0 Å². The third kappa shape index (κ3) is 4.21. The van der Waals surface area contributed by atoms with E-state index in [0.29, 0.717) is 16.9 Å². The molecule has 1 amide bonds. The van der Waals surface area contributed by atoms with E-state index in [1.165, 1.54) is 12.1 Å². The molecule has 0 aliphatic heterocycles. The number of benzene rings is 3. The minimum Gasteiger partial charge on any atom is -0.487 e. The highest BCUT2D eigenvalue weighted by molar-refractivity contribution is 6.04. The summed E-state index contributed by atoms with van der Waals surface area (Å²) in [5, 5.41) is 4.73. The molecule has 0 saturated heterocycles. The minimum absolute atomic E-state index is 0.0653. The quantitative estimate of drug-likeness (QED) is 0.596. The maximum Gasteiger partial charge on any atom is 0.416 e. The number of rotatable bonds is 5. The molecular weight excluding hydrogens is 379 g/mol. The molecule has 0 heterocycles. The van der Waals surface area contributed by atoms with Gasteiger partial charge in [-0.1, -0.05) is 42.5 Å². The maximum atomic E-state index is 12.8. The number of alkyl halides is 3. The third-order valence-corrected chi connectivity index (χ3v) is 5.23. The Morgan fingerprint density at radius 3 is 2.38 bits per heavy atom. The van der Waals surface area contributed by atoms with Gasteiger partial charge in [-0.2, -0.15) is 13.2 Å². The van der Waals surface area contributed by atoms with Gasteiger partial charge in [-0.05, 0) is 48.4 Å². The summed E-state index contributed by atoms with van der Waals surface area (Å²) in [5.41, 5.74) is 0.325. The Hall–Kier alpha value is -3.02. The van der Waals surface area contributed by atoms with Gasteiger partial charge in [0.05, 0.1) is 11.1 Å². The van der Waals surface area contributed by atoms with Crippen molar-refractivity contribution in [2.45, 2.75) is 38.1 Å². The van der Waals surface area contributed by atoms with Gasteiger partial charge in [0.25, 0.3) is 5.91 Å². The van der Waals surface area contributed by atoms with Crippen LogP contribution in [0, 0.1) is 0 Å². The topological polar surface area (TPSA) is 38.3 Å². The standard InChI is InChI=1S/C23H20F3NO2/c24-23(25,26)17-11-8-15(9-12-17)14-29-21-19-7-2-1-4-16(19)10-13-20(21)22(28)27-18-5-3-6-18/h1-2,4,7-13,18H,3,5-6,14H2,(H,27,28). The van der Waals surface area contributed by atoms with E-state index in [9.17, 15) is 18.0 Å². The van der Waals surface area contributed by atoms with Crippen molar-refractivity contribution in [2.75, 3.05) is 0 Å². The average Bonchev–Trinajstić information content (AvgIpc) is 2.68. The van der Waals surface area contributed by atoms with Crippen LogP contribution in [0.25, 0.3) is 10.8 Å². The van der Waals surface area contributed by atoms with Crippen molar-refractivity contribution in [3.05, 3.63) is 77.4 Å². The van der Waals surface area contributed by atoms with Gasteiger partial charge in [-0.15, -0.1) is 0 Å². The summed E-state index contributed by atoms with van der Waals surface area (Å²) in [6.07, 6.45) is -1.32. The smallest absolute Gasteiger partial charge is 0.416 e. The zero-order valence-electron chi connectivity index (χ0n) is 15.6. The largest absolute Gasteiger partial charge is 0.487 e. The summed E-state index contributed by atoms with van der Waals surface area (Å²) in [6, 6.07) is 16.2. The molecule has 3 nitrogen and oxygen atoms in total. The Balaban J connectivity index is 1.60. The Morgan fingerprint density at radius 1 is 1.00 bits per heavy atom. The van der Waals surface area contributed by atoms with E-state index in [2.05, 4.69) is 5.32 Å². The van der Waals surface area contributed by atoms with E-state index in [1.807, 2.05) is 30.3 Å². The lowest BCUT2D eigenvalue weighted by Crippen LogP contribution is -2.39. The lowest BCUT2D eigenvalue weighted by atomic mass is 9.92. The lowest BCUT2D eigenvalue weighted by Gasteiger charge is -2.27. The van der Waals surface area contributed by atoms with Gasteiger partial charge >= 0.3 is 6.18 Å². The number of carbonyl (C=O) groups excluding carboxylic acids is 1. The fraction of sp³-hybridized carbons (Fsp3) is 0.261. The highest BCUT2D eigenvalue weighted by Crippen LogP contribution is 2.32. The van der Waals surface area contributed by atoms with Gasteiger partial charge in [0.15, 0.2) is 0 Å². The Morgan fingerprint density at radius 2 is 1.72 bits per heavy atom. The fourth-order valence-electron chi connectivity index (χ4n) is 3.34. The van der Waals surface area contributed by atoms with E-state index in [0.717, 1.165) is 42.2 Å². The molecule has 1 aliphatic carbocycles. The number of hydrogen-bond acceptors (Lipinski definition) is 2. The second kappa shape index (κ2) is 7.78. The van der Waals surface area contributed by atoms with Gasteiger partial charge < -0.3 is 10.1 Å². The molecule has 4 rings (SSSR count). The molecule has 1 fully saturated rings. The van der Waals surface area contributed by atoms with E-state index in [1.54, 1.807) is 6.07 Å². The third-order valence-electron chi connectivity index (χ3n) is 5.23. The van der Waals surface area contributed by atoms with Crippen LogP contribution < -0.4 is 10.1 Å². The summed E-state index contributed by atoms with van der Waals surface area (Å²) in [7, 11) is 0. The molecule has 29 heavy (non-hydrogen) atoms. The van der Waals surface area contributed by atoms with Crippen LogP contribution in [0.5, 0.6) is 5.75 Å². The zero-order chi connectivity index (χ0) is 20.4. The van der Waals surface area contributed by atoms with Crippen molar-refractivity contribution < 1.29 is 22.7 Å². The Bertz CT molecular complexity index is 1020. The second-order valence-corrected chi connectivity index (χ2v) is 7.25. The predicted octanol–water partition coefficient (Wildman–Crippen LogP) is 5.72. The Labute approximate surface area is 166 Å². The van der Waals surface area contributed by atoms with Crippen molar-refractivity contribution in [3.8, 4) is 5.75 Å². The SMILES string of the molecule is O=C(NC1CCC1)c1ccc2ccccc2c1OCc1ccc(C(F)(F)F)cc1. The molecule has 3 aromatic carbocycles. The molecule has 0 unspecified atom stereocenters. The summed E-state index contributed by atoms with van der Waals surface area (Å²) in [4.78, 5) is 12.8. The van der Waals surface area contributed by atoms with E-state index in [-0.39, 0.29) is 18.6 Å². The Kier molecular flexibility index (Phi) is 5.18. The number of nitrogens with one attached hydrogen (secondary N) is 1. The molecule has 1 saturated carbocycles. The summed E-state index contributed by atoms with van der Waals surface area (Å²) >= 11 is 0. The number of amides is 1. The van der Waals surface area contributed by atoms with Crippen LogP contribution in [-0.2, 0) is 12.8 Å². The minimum atomic E-state index is -4.37. The first-order chi connectivity index (χ1) is 13.9. The molecule has 150 valence electrons. The summed E-state index contributed by atoms with van der Waals surface area (Å²) in [6.45, 7) is 0.0653. The number of fused-ring (bicyclic) bond motifs is 1. The monoisotopic (exact) mass is 399 g/mol. The van der Waals surface area contributed by atoms with E-state index >= 15 is 0 Å². The molecule has 0 bridgehead atoms. The van der Waals surface area contributed by atoms with Crippen LogP contribution in [0.4, 0.5) is 13.2 Å². The lowest BCUT2D eigenvalue weighted by molar-refractivity contribution is -0.137. The molecular formula is C23H20F3NO2. The van der Waals surface area contributed by atoms with Gasteiger partial charge in [-0.25, -0.2) is 0 Å². The molecule has 0 atom stereocenters. The first-order valence-corrected chi connectivity index (χ1v) is 9.53. The van der Waals surface area contributed by atoms with Crippen molar-refractivity contribution in [1.82, 2.24) is 5.32 Å². The highest BCUT2D eigenvalue weighted by Gasteiger charge is 2.30. The molecule has 1 aliphatic rings. The van der Waals surface area contributed by atoms with Crippen molar-refractivity contribution in [1.29, 1.82) is 0 Å². The van der Waals surface area contributed by atoms with Gasteiger partial charge in [0, 0.05) is 11.4 Å². The molecule has 3 aromatic rings. The first-order valence-electron chi connectivity index (χ1n) is 9.53. The van der Waals surface area contributed by atoms with Crippen LogP contribution >= 0.6 is 0 Å². The van der Waals surface area contributed by atoms with Crippen LogP contribution in [0.3, 0.4) is 0 Å². The maximum absolute atomic E-state index is 12.8. The molecule has 6 heteroatoms. The van der Waals surface area contributed by atoms with Gasteiger partial charge in [0.1, 0.15) is 12.4 Å². The fourth-order valence-corrected chi connectivity index (χ4v) is 3.34. The number of hydrogen-bond donors (Lipinski definition) is 1. The van der Waals surface area contributed by atoms with Crippen molar-refractivity contribution in [3.63, 3.8) is 0 Å². The molecule has 0 spiro atoms. The van der Waals surface area contributed by atoms with Crippen molar-refractivity contribution in [2.24, 2.45) is 0 Å². The van der Waals surface area contributed by atoms with Crippen LogP contribution in [-0.4, -0.2) is 11.9 Å². The van der Waals surface area contributed by atoms with Crippen LogP contribution in [0.15, 0.2) is 60.7 Å². The van der Waals surface area contributed by atoms with Crippen LogP contribution in [0.1, 0.15) is 40.7 Å². The number of ether oxygens (including phenoxy) is 1. The molecule has 0 radical (unpaired) electrons.